The van der Waals surface area contributed by atoms with E-state index >= 15 is 0 Å². The highest BCUT2D eigenvalue weighted by atomic mass is 35.5. The minimum atomic E-state index is -0.864. The third kappa shape index (κ3) is 2.61. The molecule has 0 radical (unpaired) electrons. The first-order valence-electron chi connectivity index (χ1n) is 6.32. The number of nitrogens with one attached hydrogen (secondary N) is 1. The number of carboxylic acid groups (broad SMARTS) is 1. The number of carboxylic acids is 1. The van der Waals surface area contributed by atoms with Crippen molar-refractivity contribution in [3.05, 3.63) is 33.1 Å². The normalized spacial score (nSPS) is 15.9. The van der Waals surface area contributed by atoms with E-state index in [1.54, 1.807) is 18.2 Å². The Morgan fingerprint density at radius 3 is 2.67 bits per heavy atom. The second-order valence-corrected chi connectivity index (χ2v) is 7.02. The van der Waals surface area contributed by atoms with Crippen molar-refractivity contribution in [3.8, 4) is 0 Å². The Morgan fingerprint density at radius 2 is 2.05 bits per heavy atom. The van der Waals surface area contributed by atoms with Gasteiger partial charge < -0.3 is 10.4 Å². The van der Waals surface area contributed by atoms with Crippen molar-refractivity contribution in [2.45, 2.75) is 12.8 Å². The predicted molar refractivity (Wildman–Crippen MR) is 83.5 cm³/mol. The maximum atomic E-state index is 12.2. The summed E-state index contributed by atoms with van der Waals surface area (Å²) in [5, 5.41) is 13.5. The first-order valence-corrected chi connectivity index (χ1v) is 7.89. The van der Waals surface area contributed by atoms with E-state index in [4.69, 9.17) is 28.3 Å². The lowest BCUT2D eigenvalue weighted by Crippen LogP contribution is -2.33. The molecule has 0 atom stereocenters. The zero-order valence-corrected chi connectivity index (χ0v) is 13.1. The van der Waals surface area contributed by atoms with Crippen LogP contribution in [0.15, 0.2) is 18.2 Å². The highest BCUT2D eigenvalue weighted by Crippen LogP contribution is 2.45. The molecule has 0 saturated heterocycles. The Hall–Kier alpha value is -1.30. The van der Waals surface area contributed by atoms with Gasteiger partial charge in [0.1, 0.15) is 4.88 Å². The summed E-state index contributed by atoms with van der Waals surface area (Å²) < 4.78 is 0.831. The van der Waals surface area contributed by atoms with Gasteiger partial charge in [0.25, 0.3) is 5.91 Å². The summed E-state index contributed by atoms with van der Waals surface area (Å²) in [6.45, 7) is 0.131. The molecule has 0 spiro atoms. The van der Waals surface area contributed by atoms with Crippen molar-refractivity contribution in [2.24, 2.45) is 5.41 Å². The van der Waals surface area contributed by atoms with Crippen LogP contribution >= 0.6 is 34.5 Å². The van der Waals surface area contributed by atoms with Crippen LogP contribution in [-0.2, 0) is 4.79 Å². The van der Waals surface area contributed by atoms with Crippen LogP contribution in [0.5, 0.6) is 0 Å². The molecule has 0 bridgehead atoms. The number of rotatable bonds is 4. The number of thiophene rings is 1. The van der Waals surface area contributed by atoms with Crippen LogP contribution in [-0.4, -0.2) is 23.5 Å². The molecule has 1 heterocycles. The maximum absolute atomic E-state index is 12.2. The van der Waals surface area contributed by atoms with Gasteiger partial charge in [-0.05, 0) is 25.0 Å². The summed E-state index contributed by atoms with van der Waals surface area (Å²) >= 11 is 13.4. The van der Waals surface area contributed by atoms with Crippen molar-refractivity contribution in [1.29, 1.82) is 0 Å². The van der Waals surface area contributed by atoms with E-state index in [0.717, 1.165) is 10.1 Å². The lowest BCUT2D eigenvalue weighted by atomic mass is 10.1. The molecule has 1 aromatic heterocycles. The molecule has 0 unspecified atom stereocenters. The number of carbonyl (C=O) groups excluding carboxylic acids is 1. The summed E-state index contributed by atoms with van der Waals surface area (Å²) in [5.41, 5.74) is -0.790. The van der Waals surface area contributed by atoms with Crippen molar-refractivity contribution in [1.82, 2.24) is 5.32 Å². The van der Waals surface area contributed by atoms with Crippen LogP contribution in [0.2, 0.25) is 10.0 Å². The van der Waals surface area contributed by atoms with Gasteiger partial charge in [-0.2, -0.15) is 0 Å². The number of carbonyl (C=O) groups is 2. The molecule has 2 N–H and O–H groups in total. The van der Waals surface area contributed by atoms with E-state index in [-0.39, 0.29) is 12.5 Å². The molecular weight excluding hydrogens is 333 g/mol. The van der Waals surface area contributed by atoms with Crippen LogP contribution in [0.4, 0.5) is 0 Å². The SMILES string of the molecule is O=C(NCC1(C(=O)O)CC1)c1sc2cc(Cl)ccc2c1Cl. The Balaban J connectivity index is 1.82. The molecule has 1 amide bonds. The summed E-state index contributed by atoms with van der Waals surface area (Å²) in [6, 6.07) is 5.24. The van der Waals surface area contributed by atoms with Gasteiger partial charge in [0.2, 0.25) is 0 Å². The molecule has 1 aliphatic rings. The fourth-order valence-electron chi connectivity index (χ4n) is 2.13. The van der Waals surface area contributed by atoms with Gasteiger partial charge in [-0.1, -0.05) is 29.3 Å². The van der Waals surface area contributed by atoms with Crippen LogP contribution in [0.3, 0.4) is 0 Å². The quantitative estimate of drug-likeness (QED) is 0.887. The number of amides is 1. The zero-order chi connectivity index (χ0) is 15.2. The van der Waals surface area contributed by atoms with Crippen molar-refractivity contribution >= 4 is 56.5 Å². The molecule has 1 fully saturated rings. The Bertz CT molecular complexity index is 752. The summed E-state index contributed by atoms with van der Waals surface area (Å²) in [6.07, 6.45) is 1.19. The lowest BCUT2D eigenvalue weighted by molar-refractivity contribution is -0.143. The molecular formula is C14H11Cl2NO3S. The van der Waals surface area contributed by atoms with Gasteiger partial charge in [0.05, 0.1) is 10.4 Å². The highest BCUT2D eigenvalue weighted by Gasteiger charge is 2.50. The summed E-state index contributed by atoms with van der Waals surface area (Å²) in [7, 11) is 0. The number of hydrogen-bond acceptors (Lipinski definition) is 3. The average Bonchev–Trinajstić information content (AvgIpc) is 3.17. The number of benzene rings is 1. The van der Waals surface area contributed by atoms with E-state index < -0.39 is 11.4 Å². The van der Waals surface area contributed by atoms with Gasteiger partial charge in [-0.15, -0.1) is 11.3 Å². The topological polar surface area (TPSA) is 66.4 Å². The van der Waals surface area contributed by atoms with Gasteiger partial charge in [-0.25, -0.2) is 0 Å². The van der Waals surface area contributed by atoms with E-state index in [1.165, 1.54) is 11.3 Å². The lowest BCUT2D eigenvalue weighted by Gasteiger charge is -2.10. The molecule has 1 saturated carbocycles. The van der Waals surface area contributed by atoms with Crippen LogP contribution in [0, 0.1) is 5.41 Å². The van der Waals surface area contributed by atoms with Crippen molar-refractivity contribution in [2.75, 3.05) is 6.54 Å². The molecule has 7 heteroatoms. The third-order valence-corrected chi connectivity index (χ3v) is 5.58. The molecule has 0 aliphatic heterocycles. The molecule has 21 heavy (non-hydrogen) atoms. The standard InChI is InChI=1S/C14H11Cl2NO3S/c15-7-1-2-8-9(5-7)21-11(10(8)16)12(18)17-6-14(3-4-14)13(19)20/h1-2,5H,3-4,6H2,(H,17,18)(H,19,20). The highest BCUT2D eigenvalue weighted by molar-refractivity contribution is 7.21. The maximum Gasteiger partial charge on any atom is 0.311 e. The Morgan fingerprint density at radius 1 is 1.33 bits per heavy atom. The van der Waals surface area contributed by atoms with Gasteiger partial charge in [0.15, 0.2) is 0 Å². The van der Waals surface area contributed by atoms with Crippen LogP contribution in [0.1, 0.15) is 22.5 Å². The first kappa shape index (κ1) is 14.6. The fraction of sp³-hybridized carbons (Fsp3) is 0.286. The van der Waals surface area contributed by atoms with Crippen LogP contribution in [0.25, 0.3) is 10.1 Å². The van der Waals surface area contributed by atoms with E-state index in [0.29, 0.717) is 27.8 Å². The van der Waals surface area contributed by atoms with Crippen molar-refractivity contribution in [3.63, 3.8) is 0 Å². The average molecular weight is 344 g/mol. The van der Waals surface area contributed by atoms with Crippen LogP contribution < -0.4 is 5.32 Å². The fourth-order valence-corrected chi connectivity index (χ4v) is 3.84. The molecule has 3 rings (SSSR count). The van der Waals surface area contributed by atoms with Gasteiger partial charge in [0, 0.05) is 21.7 Å². The second-order valence-electron chi connectivity index (χ2n) is 5.15. The van der Waals surface area contributed by atoms with E-state index in [9.17, 15) is 9.59 Å². The molecule has 2 aromatic rings. The largest absolute Gasteiger partial charge is 0.481 e. The molecule has 4 nitrogen and oxygen atoms in total. The number of hydrogen-bond donors (Lipinski definition) is 2. The Labute approximate surface area is 134 Å². The van der Waals surface area contributed by atoms with Gasteiger partial charge in [-0.3, -0.25) is 9.59 Å². The third-order valence-electron chi connectivity index (χ3n) is 3.69. The monoisotopic (exact) mass is 343 g/mol. The number of halogens is 2. The molecule has 1 aliphatic carbocycles. The smallest absolute Gasteiger partial charge is 0.311 e. The van der Waals surface area contributed by atoms with Crippen molar-refractivity contribution < 1.29 is 14.7 Å². The Kier molecular flexibility index (Phi) is 3.59. The minimum absolute atomic E-state index is 0.131. The van der Waals surface area contributed by atoms with E-state index in [1.807, 2.05) is 0 Å². The predicted octanol–water partition coefficient (Wildman–Crippen LogP) is 3.80. The summed E-state index contributed by atoms with van der Waals surface area (Å²) in [4.78, 5) is 23.7. The number of fused-ring (bicyclic) bond motifs is 1. The van der Waals surface area contributed by atoms with Gasteiger partial charge >= 0.3 is 5.97 Å². The second kappa shape index (κ2) is 5.16. The molecule has 1 aromatic carbocycles. The molecule has 110 valence electrons. The minimum Gasteiger partial charge on any atom is -0.481 e. The van der Waals surface area contributed by atoms with E-state index in [2.05, 4.69) is 5.32 Å². The zero-order valence-electron chi connectivity index (χ0n) is 10.8. The first-order chi connectivity index (χ1) is 9.93. The number of aliphatic carboxylic acids is 1. The summed E-state index contributed by atoms with van der Waals surface area (Å²) in [5.74, 6) is -1.21.